The molecule has 0 radical (unpaired) electrons. The van der Waals surface area contributed by atoms with Gasteiger partial charge in [0.15, 0.2) is 6.10 Å². The van der Waals surface area contributed by atoms with Gasteiger partial charge in [-0.3, -0.25) is 14.4 Å². The maximum absolute atomic E-state index is 12.9. The molecule has 0 aromatic heterocycles. The van der Waals surface area contributed by atoms with Gasteiger partial charge in [-0.05, 0) is 128 Å². The van der Waals surface area contributed by atoms with E-state index in [1.807, 2.05) is 0 Å². The van der Waals surface area contributed by atoms with E-state index in [1.54, 1.807) is 0 Å². The molecule has 0 bridgehead atoms. The lowest BCUT2D eigenvalue weighted by Crippen LogP contribution is -2.30. The molecule has 1 atom stereocenters. The Morgan fingerprint density at radius 3 is 0.797 bits per heavy atom. The molecule has 0 aromatic rings. The van der Waals surface area contributed by atoms with E-state index in [-0.39, 0.29) is 31.1 Å². The van der Waals surface area contributed by atoms with Gasteiger partial charge in [0.25, 0.3) is 0 Å². The number of hydrogen-bond donors (Lipinski definition) is 0. The summed E-state index contributed by atoms with van der Waals surface area (Å²) in [6.07, 6.45) is 91.0. The molecule has 0 amide bonds. The zero-order valence-electron chi connectivity index (χ0n) is 51.9. The van der Waals surface area contributed by atoms with Crippen molar-refractivity contribution in [3.8, 4) is 0 Å². The third-order valence-electron chi connectivity index (χ3n) is 14.2. The standard InChI is InChI=1S/C73H124O6/c1-4-7-10-13-16-19-22-25-28-30-32-33-34-35-36-37-38-39-41-42-45-48-51-54-57-60-63-66-72(75)78-69-70(68-77-71(74)65-62-59-56-53-50-47-44-27-24-21-18-15-12-9-6-3)79-73(76)67-64-61-58-55-52-49-46-43-40-31-29-26-23-20-17-14-11-8-5-2/h9,12,17-18,20-22,25-27,29-30,32,34-35,40,43-44,70H,4-8,10-11,13-16,19,23-24,28,31,33,36-39,41-42,45-69H2,1-3H3/b12-9-,20-17-,21-18-,25-22-,29-26-,32-30-,35-34-,43-40-,44-27-. The van der Waals surface area contributed by atoms with E-state index < -0.39 is 6.10 Å². The van der Waals surface area contributed by atoms with Crippen molar-refractivity contribution in [1.29, 1.82) is 0 Å². The summed E-state index contributed by atoms with van der Waals surface area (Å²) in [6, 6.07) is 0. The molecule has 452 valence electrons. The molecule has 0 saturated carbocycles. The van der Waals surface area contributed by atoms with Gasteiger partial charge in [-0.15, -0.1) is 0 Å². The lowest BCUT2D eigenvalue weighted by atomic mass is 10.0. The molecule has 0 heterocycles. The first-order valence-corrected chi connectivity index (χ1v) is 33.4. The number of carbonyl (C=O) groups is 3. The van der Waals surface area contributed by atoms with E-state index in [1.165, 1.54) is 141 Å². The van der Waals surface area contributed by atoms with Gasteiger partial charge in [0.2, 0.25) is 0 Å². The highest BCUT2D eigenvalue weighted by Gasteiger charge is 2.19. The van der Waals surface area contributed by atoms with Crippen molar-refractivity contribution in [2.24, 2.45) is 0 Å². The number of allylic oxidation sites excluding steroid dienone is 18. The fourth-order valence-electron chi connectivity index (χ4n) is 9.24. The Kier molecular flexibility index (Phi) is 63.3. The van der Waals surface area contributed by atoms with E-state index in [0.29, 0.717) is 19.3 Å². The molecular weight excluding hydrogens is 973 g/mol. The molecule has 0 aliphatic heterocycles. The molecule has 0 saturated heterocycles. The molecule has 0 N–H and O–H groups in total. The van der Waals surface area contributed by atoms with E-state index >= 15 is 0 Å². The number of ether oxygens (including phenoxy) is 3. The van der Waals surface area contributed by atoms with Crippen molar-refractivity contribution in [2.75, 3.05) is 13.2 Å². The Morgan fingerprint density at radius 2 is 0.494 bits per heavy atom. The van der Waals surface area contributed by atoms with Crippen LogP contribution in [0.3, 0.4) is 0 Å². The van der Waals surface area contributed by atoms with Crippen molar-refractivity contribution in [2.45, 2.75) is 322 Å². The number of esters is 3. The van der Waals surface area contributed by atoms with Crippen LogP contribution in [0.5, 0.6) is 0 Å². The molecule has 0 aromatic carbocycles. The summed E-state index contributed by atoms with van der Waals surface area (Å²) in [4.78, 5) is 38.4. The Labute approximate surface area is 489 Å². The minimum atomic E-state index is -0.797. The van der Waals surface area contributed by atoms with Gasteiger partial charge in [-0.1, -0.05) is 278 Å². The third kappa shape index (κ3) is 64.8. The van der Waals surface area contributed by atoms with Crippen LogP contribution < -0.4 is 0 Å². The van der Waals surface area contributed by atoms with Gasteiger partial charge in [0.1, 0.15) is 13.2 Å². The van der Waals surface area contributed by atoms with Crippen LogP contribution in [-0.4, -0.2) is 37.2 Å². The van der Waals surface area contributed by atoms with Crippen LogP contribution in [0.1, 0.15) is 316 Å². The van der Waals surface area contributed by atoms with Gasteiger partial charge >= 0.3 is 17.9 Å². The molecule has 0 rings (SSSR count). The predicted molar refractivity (Wildman–Crippen MR) is 343 cm³/mol. The van der Waals surface area contributed by atoms with Crippen LogP contribution in [-0.2, 0) is 28.6 Å². The largest absolute Gasteiger partial charge is 0.462 e. The van der Waals surface area contributed by atoms with Crippen LogP contribution in [0.15, 0.2) is 109 Å². The molecule has 0 fully saturated rings. The average molecular weight is 1100 g/mol. The first-order valence-electron chi connectivity index (χ1n) is 33.4. The summed E-state index contributed by atoms with van der Waals surface area (Å²) in [5, 5.41) is 0. The van der Waals surface area contributed by atoms with Crippen molar-refractivity contribution in [1.82, 2.24) is 0 Å². The topological polar surface area (TPSA) is 78.9 Å². The van der Waals surface area contributed by atoms with Crippen LogP contribution in [0.4, 0.5) is 0 Å². The molecule has 1 unspecified atom stereocenters. The second-order valence-electron chi connectivity index (χ2n) is 22.0. The second-order valence-corrected chi connectivity index (χ2v) is 22.0. The minimum absolute atomic E-state index is 0.0904. The number of hydrogen-bond acceptors (Lipinski definition) is 6. The Bertz CT molecular complexity index is 1590. The summed E-state index contributed by atoms with van der Waals surface area (Å²) >= 11 is 0. The average Bonchev–Trinajstić information content (AvgIpc) is 3.45. The molecule has 6 heteroatoms. The minimum Gasteiger partial charge on any atom is -0.462 e. The predicted octanol–water partition coefficient (Wildman–Crippen LogP) is 23.0. The SMILES string of the molecule is CC/C=C\C/C=C\C/C=C\CCCCCCCC(=O)OCC(COC(=O)CCCCCCCCCCCCCC/C=C\C/C=C\C/C=C\CCCCCCC)OC(=O)CCCCCCCC/C=C\C/C=C\C/C=C\CCCCC. The van der Waals surface area contributed by atoms with Crippen LogP contribution in [0.25, 0.3) is 0 Å². The zero-order chi connectivity index (χ0) is 57.1. The number of carbonyl (C=O) groups excluding carboxylic acids is 3. The highest BCUT2D eigenvalue weighted by Crippen LogP contribution is 2.16. The molecular formula is C73H124O6. The van der Waals surface area contributed by atoms with Gasteiger partial charge in [-0.25, -0.2) is 0 Å². The fourth-order valence-corrected chi connectivity index (χ4v) is 9.24. The van der Waals surface area contributed by atoms with Gasteiger partial charge < -0.3 is 14.2 Å². The summed E-state index contributed by atoms with van der Waals surface area (Å²) in [7, 11) is 0. The van der Waals surface area contributed by atoms with Crippen molar-refractivity contribution in [3.05, 3.63) is 109 Å². The highest BCUT2D eigenvalue weighted by atomic mass is 16.6. The van der Waals surface area contributed by atoms with Crippen LogP contribution in [0.2, 0.25) is 0 Å². The second kappa shape index (κ2) is 66.6. The molecule has 0 spiro atoms. The number of rotatable bonds is 60. The lowest BCUT2D eigenvalue weighted by molar-refractivity contribution is -0.167. The molecule has 0 aliphatic carbocycles. The quantitative estimate of drug-likeness (QED) is 0.0261. The molecule has 79 heavy (non-hydrogen) atoms. The van der Waals surface area contributed by atoms with Gasteiger partial charge in [0.05, 0.1) is 0 Å². The zero-order valence-corrected chi connectivity index (χ0v) is 51.9. The summed E-state index contributed by atoms with van der Waals surface area (Å²) < 4.78 is 16.9. The van der Waals surface area contributed by atoms with Gasteiger partial charge in [-0.2, -0.15) is 0 Å². The maximum atomic E-state index is 12.9. The highest BCUT2D eigenvalue weighted by molar-refractivity contribution is 5.71. The van der Waals surface area contributed by atoms with E-state index in [9.17, 15) is 14.4 Å². The van der Waals surface area contributed by atoms with Gasteiger partial charge in [0, 0.05) is 19.3 Å². The van der Waals surface area contributed by atoms with Crippen molar-refractivity contribution in [3.63, 3.8) is 0 Å². The monoisotopic (exact) mass is 1100 g/mol. The third-order valence-corrected chi connectivity index (χ3v) is 14.2. The van der Waals surface area contributed by atoms with E-state index in [0.717, 1.165) is 135 Å². The first-order chi connectivity index (χ1) is 39.0. The lowest BCUT2D eigenvalue weighted by Gasteiger charge is -2.18. The van der Waals surface area contributed by atoms with Crippen molar-refractivity contribution >= 4 is 17.9 Å². The Hall–Kier alpha value is -3.93. The molecule has 6 nitrogen and oxygen atoms in total. The summed E-state index contributed by atoms with van der Waals surface area (Å²) in [5.41, 5.74) is 0. The summed E-state index contributed by atoms with van der Waals surface area (Å²) in [6.45, 7) is 6.49. The van der Waals surface area contributed by atoms with Crippen LogP contribution >= 0.6 is 0 Å². The van der Waals surface area contributed by atoms with Crippen LogP contribution in [0, 0.1) is 0 Å². The summed E-state index contributed by atoms with van der Waals surface area (Å²) in [5.74, 6) is -0.914. The molecule has 0 aliphatic rings. The van der Waals surface area contributed by atoms with E-state index in [4.69, 9.17) is 14.2 Å². The Balaban J connectivity index is 4.35. The fraction of sp³-hybridized carbons (Fsp3) is 0.712. The normalized spacial score (nSPS) is 12.8. The maximum Gasteiger partial charge on any atom is 0.306 e. The van der Waals surface area contributed by atoms with E-state index in [2.05, 4.69) is 130 Å². The smallest absolute Gasteiger partial charge is 0.306 e. The number of unbranched alkanes of at least 4 members (excludes halogenated alkanes) is 31. The Morgan fingerprint density at radius 1 is 0.266 bits per heavy atom. The van der Waals surface area contributed by atoms with Crippen molar-refractivity contribution < 1.29 is 28.6 Å². The first kappa shape index (κ1) is 75.1.